The van der Waals surface area contributed by atoms with Crippen LogP contribution < -0.4 is 10.1 Å². The van der Waals surface area contributed by atoms with E-state index in [0.29, 0.717) is 13.0 Å². The zero-order valence-corrected chi connectivity index (χ0v) is 11.2. The summed E-state index contributed by atoms with van der Waals surface area (Å²) in [7, 11) is 0. The number of hydrogen-bond acceptors (Lipinski definition) is 3. The Kier molecular flexibility index (Phi) is 5.85. The largest absolute Gasteiger partial charge is 0.493 e. The van der Waals surface area contributed by atoms with Gasteiger partial charge in [0.15, 0.2) is 0 Å². The summed E-state index contributed by atoms with van der Waals surface area (Å²) in [5, 5.41) is 10.7. The van der Waals surface area contributed by atoms with E-state index in [4.69, 9.17) is 9.84 Å². The molecule has 0 aliphatic heterocycles. The molecule has 1 rings (SSSR count). The van der Waals surface area contributed by atoms with Crippen LogP contribution in [-0.4, -0.2) is 30.1 Å². The van der Waals surface area contributed by atoms with Gasteiger partial charge in [-0.3, -0.25) is 9.59 Å². The molecular weight excluding hydrogens is 246 g/mol. The summed E-state index contributed by atoms with van der Waals surface area (Å²) in [6.45, 7) is 4.10. The third-order valence-corrected chi connectivity index (χ3v) is 2.80. The van der Waals surface area contributed by atoms with Gasteiger partial charge in [-0.2, -0.15) is 0 Å². The van der Waals surface area contributed by atoms with Gasteiger partial charge in [0.2, 0.25) is 5.91 Å². The fourth-order valence-corrected chi connectivity index (χ4v) is 1.56. The molecule has 0 aliphatic carbocycles. The summed E-state index contributed by atoms with van der Waals surface area (Å²) < 4.78 is 5.60. The topological polar surface area (TPSA) is 75.6 Å². The van der Waals surface area contributed by atoms with Gasteiger partial charge in [-0.25, -0.2) is 0 Å². The minimum Gasteiger partial charge on any atom is -0.493 e. The SMILES string of the molecule is Cc1cccc(OCCCC(=O)NCC(=O)O)c1C. The highest BCUT2D eigenvalue weighted by Crippen LogP contribution is 2.20. The van der Waals surface area contributed by atoms with Crippen molar-refractivity contribution in [1.29, 1.82) is 0 Å². The predicted octanol–water partition coefficient (Wildman–Crippen LogP) is 1.66. The lowest BCUT2D eigenvalue weighted by Gasteiger charge is -2.10. The van der Waals surface area contributed by atoms with Crippen LogP contribution in [0.3, 0.4) is 0 Å². The van der Waals surface area contributed by atoms with Crippen LogP contribution >= 0.6 is 0 Å². The molecule has 2 N–H and O–H groups in total. The first-order chi connectivity index (χ1) is 9.00. The average molecular weight is 265 g/mol. The van der Waals surface area contributed by atoms with Gasteiger partial charge in [0.25, 0.3) is 0 Å². The Balaban J connectivity index is 2.25. The highest BCUT2D eigenvalue weighted by atomic mass is 16.5. The molecular formula is C14H19NO4. The van der Waals surface area contributed by atoms with Crippen LogP contribution in [0.25, 0.3) is 0 Å². The highest BCUT2D eigenvalue weighted by molar-refractivity contribution is 5.80. The van der Waals surface area contributed by atoms with Crippen LogP contribution in [0.2, 0.25) is 0 Å². The van der Waals surface area contributed by atoms with E-state index in [0.717, 1.165) is 16.9 Å². The van der Waals surface area contributed by atoms with Gasteiger partial charge in [-0.1, -0.05) is 12.1 Å². The minimum atomic E-state index is -1.04. The number of benzene rings is 1. The summed E-state index contributed by atoms with van der Waals surface area (Å²) in [6.07, 6.45) is 0.816. The number of aliphatic carboxylic acids is 1. The molecule has 0 atom stereocenters. The Morgan fingerprint density at radius 3 is 2.74 bits per heavy atom. The number of amides is 1. The number of carboxylic acid groups (broad SMARTS) is 1. The Morgan fingerprint density at radius 1 is 1.32 bits per heavy atom. The molecule has 0 bridgehead atoms. The van der Waals surface area contributed by atoms with E-state index in [1.807, 2.05) is 32.0 Å². The molecule has 5 nitrogen and oxygen atoms in total. The Morgan fingerprint density at radius 2 is 2.05 bits per heavy atom. The van der Waals surface area contributed by atoms with Crippen LogP contribution in [0.15, 0.2) is 18.2 Å². The molecule has 0 heterocycles. The van der Waals surface area contributed by atoms with E-state index in [1.54, 1.807) is 0 Å². The van der Waals surface area contributed by atoms with Crippen molar-refractivity contribution in [1.82, 2.24) is 5.32 Å². The Labute approximate surface area is 112 Å². The fourth-order valence-electron chi connectivity index (χ4n) is 1.56. The first-order valence-corrected chi connectivity index (χ1v) is 6.18. The van der Waals surface area contributed by atoms with Crippen LogP contribution in [0.1, 0.15) is 24.0 Å². The van der Waals surface area contributed by atoms with E-state index < -0.39 is 5.97 Å². The molecule has 0 unspecified atom stereocenters. The van der Waals surface area contributed by atoms with Crippen molar-refractivity contribution in [2.24, 2.45) is 0 Å². The molecule has 1 aromatic carbocycles. The number of ether oxygens (including phenoxy) is 1. The predicted molar refractivity (Wildman–Crippen MR) is 71.3 cm³/mol. The summed E-state index contributed by atoms with van der Waals surface area (Å²) in [6, 6.07) is 5.84. The van der Waals surface area contributed by atoms with Crippen molar-refractivity contribution >= 4 is 11.9 Å². The zero-order chi connectivity index (χ0) is 14.3. The number of carboxylic acids is 1. The van der Waals surface area contributed by atoms with Crippen LogP contribution in [0.5, 0.6) is 5.75 Å². The second-order valence-corrected chi connectivity index (χ2v) is 4.32. The zero-order valence-electron chi connectivity index (χ0n) is 11.2. The standard InChI is InChI=1S/C14H19NO4/c1-10-5-3-6-12(11(10)2)19-8-4-7-13(16)15-9-14(17)18/h3,5-6H,4,7-9H2,1-2H3,(H,15,16)(H,17,18). The second kappa shape index (κ2) is 7.41. The lowest BCUT2D eigenvalue weighted by molar-refractivity contribution is -0.137. The first-order valence-electron chi connectivity index (χ1n) is 6.18. The van der Waals surface area contributed by atoms with Crippen molar-refractivity contribution in [2.75, 3.05) is 13.2 Å². The smallest absolute Gasteiger partial charge is 0.322 e. The summed E-state index contributed by atoms with van der Waals surface area (Å²) in [5.74, 6) is -0.488. The van der Waals surface area contributed by atoms with Crippen molar-refractivity contribution in [3.05, 3.63) is 29.3 Å². The number of carbonyl (C=O) groups is 2. The maximum atomic E-state index is 11.2. The Bertz CT molecular complexity index is 457. The lowest BCUT2D eigenvalue weighted by atomic mass is 10.1. The molecule has 0 fully saturated rings. The van der Waals surface area contributed by atoms with Gasteiger partial charge in [-0.05, 0) is 37.5 Å². The van der Waals surface area contributed by atoms with Crippen molar-refractivity contribution in [3.8, 4) is 5.75 Å². The van der Waals surface area contributed by atoms with E-state index in [-0.39, 0.29) is 18.9 Å². The fraction of sp³-hybridized carbons (Fsp3) is 0.429. The first kappa shape index (κ1) is 15.0. The molecule has 1 aromatic rings. The number of hydrogen-bond donors (Lipinski definition) is 2. The van der Waals surface area contributed by atoms with Gasteiger partial charge >= 0.3 is 5.97 Å². The Hall–Kier alpha value is -2.04. The normalized spacial score (nSPS) is 10.0. The number of carbonyl (C=O) groups excluding carboxylic acids is 1. The average Bonchev–Trinajstić information content (AvgIpc) is 2.37. The summed E-state index contributed by atoms with van der Waals surface area (Å²) >= 11 is 0. The maximum absolute atomic E-state index is 11.2. The molecule has 0 spiro atoms. The van der Waals surface area contributed by atoms with Crippen molar-refractivity contribution < 1.29 is 19.4 Å². The molecule has 0 radical (unpaired) electrons. The quantitative estimate of drug-likeness (QED) is 0.735. The van der Waals surface area contributed by atoms with Crippen LogP contribution in [-0.2, 0) is 9.59 Å². The highest BCUT2D eigenvalue weighted by Gasteiger charge is 2.05. The minimum absolute atomic E-state index is 0.262. The lowest BCUT2D eigenvalue weighted by Crippen LogP contribution is -2.29. The molecule has 5 heteroatoms. The number of nitrogens with one attached hydrogen (secondary N) is 1. The van der Waals surface area contributed by atoms with Gasteiger partial charge < -0.3 is 15.2 Å². The van der Waals surface area contributed by atoms with Gasteiger partial charge in [0.05, 0.1) is 6.61 Å². The molecule has 1 amide bonds. The van der Waals surface area contributed by atoms with Crippen LogP contribution in [0, 0.1) is 13.8 Å². The van der Waals surface area contributed by atoms with Gasteiger partial charge in [-0.15, -0.1) is 0 Å². The molecule has 0 saturated carbocycles. The number of aryl methyl sites for hydroxylation is 1. The van der Waals surface area contributed by atoms with E-state index in [9.17, 15) is 9.59 Å². The van der Waals surface area contributed by atoms with Gasteiger partial charge in [0, 0.05) is 6.42 Å². The van der Waals surface area contributed by atoms with Crippen molar-refractivity contribution in [2.45, 2.75) is 26.7 Å². The van der Waals surface area contributed by atoms with Crippen molar-refractivity contribution in [3.63, 3.8) is 0 Å². The van der Waals surface area contributed by atoms with Gasteiger partial charge in [0.1, 0.15) is 12.3 Å². The third kappa shape index (κ3) is 5.42. The molecule has 104 valence electrons. The van der Waals surface area contributed by atoms with E-state index in [1.165, 1.54) is 0 Å². The second-order valence-electron chi connectivity index (χ2n) is 4.32. The summed E-state index contributed by atoms with van der Waals surface area (Å²) in [5.41, 5.74) is 2.26. The van der Waals surface area contributed by atoms with E-state index in [2.05, 4.69) is 5.32 Å². The monoisotopic (exact) mass is 265 g/mol. The summed E-state index contributed by atoms with van der Waals surface area (Å²) in [4.78, 5) is 21.5. The molecule has 0 aromatic heterocycles. The van der Waals surface area contributed by atoms with E-state index >= 15 is 0 Å². The molecule has 19 heavy (non-hydrogen) atoms. The molecule has 0 aliphatic rings. The maximum Gasteiger partial charge on any atom is 0.322 e. The third-order valence-electron chi connectivity index (χ3n) is 2.80. The molecule has 0 saturated heterocycles. The number of rotatable bonds is 7. The van der Waals surface area contributed by atoms with Crippen LogP contribution in [0.4, 0.5) is 0 Å².